The predicted octanol–water partition coefficient (Wildman–Crippen LogP) is 1.61. The molecule has 0 bridgehead atoms. The van der Waals surface area contributed by atoms with Gasteiger partial charge >= 0.3 is 0 Å². The van der Waals surface area contributed by atoms with E-state index in [1.54, 1.807) is 18.6 Å². The minimum absolute atomic E-state index is 0.261. The molecular weight excluding hydrogens is 230 g/mol. The molecule has 18 heavy (non-hydrogen) atoms. The van der Waals surface area contributed by atoms with E-state index in [-0.39, 0.29) is 5.92 Å². The highest BCUT2D eigenvalue weighted by atomic mass is 16.4. The van der Waals surface area contributed by atoms with E-state index in [2.05, 4.69) is 25.1 Å². The fourth-order valence-electron chi connectivity index (χ4n) is 1.54. The summed E-state index contributed by atoms with van der Waals surface area (Å²) in [4.78, 5) is 10.3. The topological polar surface area (TPSA) is 67.9 Å². The average Bonchev–Trinajstić information content (AvgIpc) is 2.78. The van der Waals surface area contributed by atoms with Gasteiger partial charge in [-0.1, -0.05) is 13.8 Å². The summed E-state index contributed by atoms with van der Waals surface area (Å²) in [5.41, 5.74) is 0.920. The van der Waals surface area contributed by atoms with E-state index < -0.39 is 0 Å². The molecular formula is C12H17N5O. The maximum absolute atomic E-state index is 5.55. The minimum atomic E-state index is 0.261. The molecule has 0 aliphatic carbocycles. The maximum Gasteiger partial charge on any atom is 0.230 e. The molecule has 2 aromatic rings. The summed E-state index contributed by atoms with van der Waals surface area (Å²) in [5.74, 6) is 1.57. The van der Waals surface area contributed by atoms with Gasteiger partial charge in [-0.25, -0.2) is 0 Å². The van der Waals surface area contributed by atoms with E-state index in [1.165, 1.54) is 0 Å². The van der Waals surface area contributed by atoms with Crippen molar-refractivity contribution < 1.29 is 4.42 Å². The van der Waals surface area contributed by atoms with Gasteiger partial charge in [0.15, 0.2) is 0 Å². The number of nitrogens with zero attached hydrogens (tertiary/aromatic N) is 5. The van der Waals surface area contributed by atoms with E-state index in [4.69, 9.17) is 4.42 Å². The van der Waals surface area contributed by atoms with Crippen LogP contribution in [-0.4, -0.2) is 32.1 Å². The second kappa shape index (κ2) is 5.68. The third-order valence-corrected chi connectivity index (χ3v) is 2.43. The molecule has 6 nitrogen and oxygen atoms in total. The third kappa shape index (κ3) is 3.33. The highest BCUT2D eigenvalue weighted by molar-refractivity contribution is 4.94. The molecule has 96 valence electrons. The van der Waals surface area contributed by atoms with Gasteiger partial charge in [0.2, 0.25) is 11.8 Å². The summed E-state index contributed by atoms with van der Waals surface area (Å²) >= 11 is 0. The van der Waals surface area contributed by atoms with Gasteiger partial charge in [-0.2, -0.15) is 0 Å². The second-order valence-electron chi connectivity index (χ2n) is 4.56. The fraction of sp³-hybridized carbons (Fsp3) is 0.500. The van der Waals surface area contributed by atoms with Crippen molar-refractivity contribution in [2.24, 2.45) is 0 Å². The standard InChI is InChI=1S/C12H17N5O/c1-9(2)12-16-15-11(18-12)8-17(3)7-10-6-13-4-5-14-10/h4-6,9H,7-8H2,1-3H3. The van der Waals surface area contributed by atoms with Crippen LogP contribution in [0.15, 0.2) is 23.0 Å². The Hall–Kier alpha value is -1.82. The van der Waals surface area contributed by atoms with Crippen molar-refractivity contribution >= 4 is 0 Å². The first kappa shape index (κ1) is 12.6. The van der Waals surface area contributed by atoms with Gasteiger partial charge in [-0.3, -0.25) is 14.9 Å². The molecule has 0 spiro atoms. The molecule has 0 unspecified atom stereocenters. The number of rotatable bonds is 5. The Bertz CT molecular complexity index is 482. The van der Waals surface area contributed by atoms with E-state index >= 15 is 0 Å². The SMILES string of the molecule is CC(C)c1nnc(CN(C)Cc2cnccn2)o1. The predicted molar refractivity (Wildman–Crippen MR) is 65.6 cm³/mol. The minimum Gasteiger partial charge on any atom is -0.424 e. The molecule has 0 aliphatic rings. The van der Waals surface area contributed by atoms with Crippen LogP contribution in [0.5, 0.6) is 0 Å². The van der Waals surface area contributed by atoms with Gasteiger partial charge in [-0.15, -0.1) is 10.2 Å². The van der Waals surface area contributed by atoms with Gasteiger partial charge in [0.1, 0.15) is 0 Å². The van der Waals surface area contributed by atoms with E-state index in [9.17, 15) is 0 Å². The molecule has 0 atom stereocenters. The smallest absolute Gasteiger partial charge is 0.230 e. The number of hydrogen-bond donors (Lipinski definition) is 0. The molecule has 0 saturated carbocycles. The van der Waals surface area contributed by atoms with Crippen LogP contribution >= 0.6 is 0 Å². The summed E-state index contributed by atoms with van der Waals surface area (Å²) in [7, 11) is 1.98. The van der Waals surface area contributed by atoms with Crippen LogP contribution in [0.4, 0.5) is 0 Å². The second-order valence-corrected chi connectivity index (χ2v) is 4.56. The largest absolute Gasteiger partial charge is 0.424 e. The first-order valence-corrected chi connectivity index (χ1v) is 5.91. The monoisotopic (exact) mass is 247 g/mol. The Morgan fingerprint density at radius 3 is 2.67 bits per heavy atom. The molecule has 6 heteroatoms. The molecule has 0 N–H and O–H groups in total. The van der Waals surface area contributed by atoms with E-state index in [0.717, 1.165) is 5.69 Å². The average molecular weight is 247 g/mol. The third-order valence-electron chi connectivity index (χ3n) is 2.43. The van der Waals surface area contributed by atoms with Crippen LogP contribution < -0.4 is 0 Å². The molecule has 0 radical (unpaired) electrons. The van der Waals surface area contributed by atoms with Gasteiger partial charge in [0.25, 0.3) is 0 Å². The molecule has 0 fully saturated rings. The van der Waals surface area contributed by atoms with Gasteiger partial charge < -0.3 is 4.42 Å². The van der Waals surface area contributed by atoms with Gasteiger partial charge in [-0.05, 0) is 7.05 Å². The molecule has 0 saturated heterocycles. The normalized spacial score (nSPS) is 11.4. The Morgan fingerprint density at radius 2 is 2.06 bits per heavy atom. The van der Waals surface area contributed by atoms with Crippen molar-refractivity contribution in [3.63, 3.8) is 0 Å². The van der Waals surface area contributed by atoms with Crippen LogP contribution in [0.25, 0.3) is 0 Å². The lowest BCUT2D eigenvalue weighted by Gasteiger charge is -2.12. The summed E-state index contributed by atoms with van der Waals surface area (Å²) in [5, 5.41) is 8.03. The summed E-state index contributed by atoms with van der Waals surface area (Å²) < 4.78 is 5.55. The summed E-state index contributed by atoms with van der Waals surface area (Å²) in [6.45, 7) is 5.37. The highest BCUT2D eigenvalue weighted by Gasteiger charge is 2.11. The Morgan fingerprint density at radius 1 is 1.22 bits per heavy atom. The molecule has 2 rings (SSSR count). The Labute approximate surface area is 106 Å². The lowest BCUT2D eigenvalue weighted by molar-refractivity contribution is 0.272. The van der Waals surface area contributed by atoms with Crippen LogP contribution in [0, 0.1) is 0 Å². The number of aromatic nitrogens is 4. The zero-order valence-corrected chi connectivity index (χ0v) is 10.9. The van der Waals surface area contributed by atoms with Crippen molar-refractivity contribution in [1.29, 1.82) is 0 Å². The fourth-order valence-corrected chi connectivity index (χ4v) is 1.54. The first-order chi connectivity index (χ1) is 8.65. The summed E-state index contributed by atoms with van der Waals surface area (Å²) in [6, 6.07) is 0. The van der Waals surface area contributed by atoms with Crippen LogP contribution in [0.1, 0.15) is 37.2 Å². The van der Waals surface area contributed by atoms with E-state index in [1.807, 2.05) is 20.9 Å². The van der Waals surface area contributed by atoms with Gasteiger partial charge in [0, 0.05) is 31.1 Å². The van der Waals surface area contributed by atoms with Crippen LogP contribution in [0.3, 0.4) is 0 Å². The molecule has 2 heterocycles. The zero-order valence-electron chi connectivity index (χ0n) is 10.9. The first-order valence-electron chi connectivity index (χ1n) is 5.91. The highest BCUT2D eigenvalue weighted by Crippen LogP contribution is 2.13. The van der Waals surface area contributed by atoms with Crippen molar-refractivity contribution in [3.05, 3.63) is 36.1 Å². The van der Waals surface area contributed by atoms with Crippen molar-refractivity contribution in [3.8, 4) is 0 Å². The molecule has 2 aromatic heterocycles. The quantitative estimate of drug-likeness (QED) is 0.799. The van der Waals surface area contributed by atoms with E-state index in [0.29, 0.717) is 24.9 Å². The summed E-state index contributed by atoms with van der Waals surface area (Å²) in [6.07, 6.45) is 5.10. The molecule has 0 aromatic carbocycles. The molecule has 0 aliphatic heterocycles. The maximum atomic E-state index is 5.55. The van der Waals surface area contributed by atoms with Crippen molar-refractivity contribution in [2.45, 2.75) is 32.9 Å². The lowest BCUT2D eigenvalue weighted by Crippen LogP contribution is -2.18. The van der Waals surface area contributed by atoms with Gasteiger partial charge in [0.05, 0.1) is 12.2 Å². The van der Waals surface area contributed by atoms with Crippen LogP contribution in [-0.2, 0) is 13.1 Å². The lowest BCUT2D eigenvalue weighted by atomic mass is 10.2. The Kier molecular flexibility index (Phi) is 3.99. The number of hydrogen-bond acceptors (Lipinski definition) is 6. The van der Waals surface area contributed by atoms with Crippen LogP contribution in [0.2, 0.25) is 0 Å². The van der Waals surface area contributed by atoms with Crippen molar-refractivity contribution in [2.75, 3.05) is 7.05 Å². The Balaban J connectivity index is 1.92. The van der Waals surface area contributed by atoms with Crippen molar-refractivity contribution in [1.82, 2.24) is 25.1 Å². The molecule has 0 amide bonds. The zero-order chi connectivity index (χ0) is 13.0.